The van der Waals surface area contributed by atoms with E-state index in [9.17, 15) is 15.1 Å². The molecule has 1 aliphatic rings. The second-order valence-electron chi connectivity index (χ2n) is 9.17. The minimum atomic E-state index is -3.55. The van der Waals surface area contributed by atoms with Crippen molar-refractivity contribution in [3.05, 3.63) is 12.7 Å². The van der Waals surface area contributed by atoms with E-state index in [1.54, 1.807) is 0 Å². The molecule has 2 aromatic rings. The molecular formula is C20H40N11O5PS2. The molecule has 1 aliphatic heterocycles. The summed E-state index contributed by atoms with van der Waals surface area (Å²) in [5.41, 5.74) is 13.9. The number of aliphatic hydroxyl groups is 2. The van der Waals surface area contributed by atoms with Crippen molar-refractivity contribution in [2.45, 2.75) is 24.5 Å². The first-order chi connectivity index (χ1) is 17.9. The van der Waals surface area contributed by atoms with Gasteiger partial charge in [0.15, 0.2) is 17.7 Å². The Morgan fingerprint density at radius 3 is 2.03 bits per heavy atom. The van der Waals surface area contributed by atoms with Gasteiger partial charge in [0.05, 0.1) is 69.3 Å². The quantitative estimate of drug-likeness (QED) is 0.0745. The number of nitrogens with two attached hydrogens (primary N) is 3. The predicted molar refractivity (Wildman–Crippen MR) is 153 cm³/mol. The topological polar surface area (TPSA) is 216 Å². The number of imidazole rings is 1. The van der Waals surface area contributed by atoms with Crippen LogP contribution in [0.4, 0.5) is 5.82 Å². The van der Waals surface area contributed by atoms with Crippen LogP contribution in [0.1, 0.15) is 6.23 Å². The highest BCUT2D eigenvalue weighted by atomic mass is 32.9. The van der Waals surface area contributed by atoms with E-state index >= 15 is 0 Å². The molecule has 8 N–H and O–H groups in total. The molecule has 16 nitrogen and oxygen atoms in total. The van der Waals surface area contributed by atoms with Gasteiger partial charge in [-0.1, -0.05) is 0 Å². The summed E-state index contributed by atoms with van der Waals surface area (Å²) < 4.78 is 15.5. The highest BCUT2D eigenvalue weighted by Gasteiger charge is 2.44. The molecule has 3 heterocycles. The molecule has 1 unspecified atom stereocenters. The van der Waals surface area contributed by atoms with Crippen LogP contribution in [0.25, 0.3) is 11.2 Å². The molecule has 0 amide bonds. The van der Waals surface area contributed by atoms with Gasteiger partial charge in [-0.05, 0) is 0 Å². The Morgan fingerprint density at radius 2 is 1.62 bits per heavy atom. The zero-order valence-electron chi connectivity index (χ0n) is 23.4. The van der Waals surface area contributed by atoms with Gasteiger partial charge in [-0.3, -0.25) is 35.0 Å². The summed E-state index contributed by atoms with van der Waals surface area (Å²) in [6.07, 6.45) is -1.89. The largest absolute Gasteiger partial charge is 0.819 e. The lowest BCUT2D eigenvalue weighted by Crippen LogP contribution is -2.36. The number of aromatic nitrogens is 4. The molecule has 222 valence electrons. The smallest absolute Gasteiger partial charge is 0.344 e. The Labute approximate surface area is 238 Å². The average Bonchev–Trinajstić information content (AvgIpc) is 3.38. The van der Waals surface area contributed by atoms with E-state index in [1.165, 1.54) is 17.2 Å². The van der Waals surface area contributed by atoms with E-state index in [2.05, 4.69) is 39.0 Å². The highest BCUT2D eigenvalue weighted by Crippen LogP contribution is 2.37. The number of nitrogens with zero attached hydrogens (tertiary/aromatic N) is 8. The van der Waals surface area contributed by atoms with Gasteiger partial charge in [-0.25, -0.2) is 15.0 Å². The number of ether oxygens (including phenoxy) is 1. The molecule has 0 bridgehead atoms. The summed E-state index contributed by atoms with van der Waals surface area (Å²) in [6, 6.07) is 0. The van der Waals surface area contributed by atoms with Crippen molar-refractivity contribution in [1.29, 1.82) is 0 Å². The van der Waals surface area contributed by atoms with Crippen molar-refractivity contribution in [3.63, 3.8) is 0 Å². The fraction of sp³-hybridized carbons (Fsp3) is 0.650. The summed E-state index contributed by atoms with van der Waals surface area (Å²) in [5, 5.41) is 20.2. The summed E-state index contributed by atoms with van der Waals surface area (Å²) in [5.74, 6) is 1.72. The van der Waals surface area contributed by atoms with Crippen LogP contribution in [-0.4, -0.2) is 142 Å². The van der Waals surface area contributed by atoms with E-state index in [0.29, 0.717) is 11.2 Å². The van der Waals surface area contributed by atoms with Gasteiger partial charge in [0.25, 0.3) is 0 Å². The van der Waals surface area contributed by atoms with Gasteiger partial charge in [0.2, 0.25) is 0 Å². The molecule has 0 saturated carbocycles. The van der Waals surface area contributed by atoms with E-state index < -0.39 is 30.2 Å². The van der Waals surface area contributed by atoms with Gasteiger partial charge in [-0.2, -0.15) is 0 Å². The van der Waals surface area contributed by atoms with Crippen LogP contribution >= 0.6 is 5.69 Å². The number of hydrogen-bond acceptors (Lipinski definition) is 11. The van der Waals surface area contributed by atoms with E-state index in [-0.39, 0.29) is 12.4 Å². The molecule has 0 radical (unpaired) electrons. The monoisotopic (exact) mass is 609 g/mol. The molecule has 39 heavy (non-hydrogen) atoms. The van der Waals surface area contributed by atoms with E-state index in [4.69, 9.17) is 26.5 Å². The van der Waals surface area contributed by atoms with Crippen molar-refractivity contribution in [2.24, 2.45) is 11.5 Å². The van der Waals surface area contributed by atoms with Crippen LogP contribution in [0.15, 0.2) is 12.7 Å². The molecule has 2 aromatic heterocycles. The molecular weight excluding hydrogens is 569 g/mol. The van der Waals surface area contributed by atoms with Crippen LogP contribution in [0.3, 0.4) is 0 Å². The van der Waals surface area contributed by atoms with Crippen LogP contribution < -0.4 is 22.1 Å². The minimum Gasteiger partial charge on any atom is -0.819 e. The maximum Gasteiger partial charge on any atom is 0.344 e. The number of nitrogen functional groups attached to an aromatic ring is 1. The van der Waals surface area contributed by atoms with Crippen molar-refractivity contribution >= 4 is 58.6 Å². The number of hydrogen-bond donors (Lipinski definition) is 5. The molecule has 0 aromatic carbocycles. The van der Waals surface area contributed by atoms with E-state index in [0.717, 1.165) is 11.9 Å². The number of guanidine groups is 2. The summed E-state index contributed by atoms with van der Waals surface area (Å²) in [7, 11) is 15.3. The maximum atomic E-state index is 11.2. The average molecular weight is 610 g/mol. The first-order valence-electron chi connectivity index (χ1n) is 11.4. The SMILES string of the molecule is CN(C)C(N)=[N+](C)C.CN(C)C(N)=[N+](C)C.Nc1ncnc2c1ncn2[C@@H]1O[C@H](COP([O-])(=S)[S-])[C@@H](O)[C@H]1O. The summed E-state index contributed by atoms with van der Waals surface area (Å²) >= 11 is 8.95. The van der Waals surface area contributed by atoms with Crippen molar-refractivity contribution in [3.8, 4) is 0 Å². The van der Waals surface area contributed by atoms with E-state index in [1.807, 2.05) is 75.3 Å². The lowest BCUT2D eigenvalue weighted by Gasteiger charge is -2.36. The van der Waals surface area contributed by atoms with Crippen LogP contribution in [0, 0.1) is 0 Å². The molecule has 1 saturated heterocycles. The van der Waals surface area contributed by atoms with Gasteiger partial charge < -0.3 is 42.3 Å². The number of fused-ring (bicyclic) bond motifs is 1. The second-order valence-corrected chi connectivity index (χ2v) is 13.9. The van der Waals surface area contributed by atoms with Crippen LogP contribution in [0.5, 0.6) is 0 Å². The third-order valence-corrected chi connectivity index (χ3v) is 6.33. The Balaban J connectivity index is 0.000000393. The molecule has 0 aliphatic carbocycles. The number of rotatable bonds is 4. The van der Waals surface area contributed by atoms with Gasteiger partial charge >= 0.3 is 11.9 Å². The number of aliphatic hydroxyl groups excluding tert-OH is 2. The van der Waals surface area contributed by atoms with Crippen molar-refractivity contribution in [1.82, 2.24) is 29.3 Å². The maximum absolute atomic E-state index is 11.2. The third kappa shape index (κ3) is 10.3. The summed E-state index contributed by atoms with van der Waals surface area (Å²) in [6.45, 7) is -0.303. The Bertz CT molecular complexity index is 1170. The Kier molecular flexibility index (Phi) is 13.3. The standard InChI is InChI=1S/C10H14N5O5PS2.2C5H13N3/c11-8-5-9(13-2-12-8)15(3-14-5)10-7(17)6(16)4(20-10)1-19-21(18,22)23;2*1-7(2)5(6)8(3)4/h2-4,6-7,10,16-17H,1H2,(H2,11,12,13)(H2,18,22,23);2*6H,1-4H3/t4-,6-,7-,10-;;/m1../s1. The van der Waals surface area contributed by atoms with Crippen molar-refractivity contribution in [2.75, 3.05) is 68.7 Å². The molecule has 5 atom stereocenters. The van der Waals surface area contributed by atoms with Gasteiger partial charge in [0.1, 0.15) is 30.2 Å². The van der Waals surface area contributed by atoms with Gasteiger partial charge in [-0.15, -0.1) is 17.5 Å². The van der Waals surface area contributed by atoms with Crippen molar-refractivity contribution < 1.29 is 33.5 Å². The zero-order valence-corrected chi connectivity index (χ0v) is 25.9. The normalized spacial score (nSPS) is 21.5. The first-order valence-corrected chi connectivity index (χ1v) is 15.1. The lowest BCUT2D eigenvalue weighted by molar-refractivity contribution is -0.470. The third-order valence-electron chi connectivity index (χ3n) is 5.23. The molecule has 1 fully saturated rings. The van der Waals surface area contributed by atoms with Crippen LogP contribution in [-0.2, 0) is 33.3 Å². The van der Waals surface area contributed by atoms with Gasteiger partial charge in [0, 0.05) is 0 Å². The fourth-order valence-electron chi connectivity index (χ4n) is 3.12. The highest BCUT2D eigenvalue weighted by molar-refractivity contribution is 8.50. The number of anilines is 1. The lowest BCUT2D eigenvalue weighted by atomic mass is 10.1. The molecule has 0 spiro atoms. The minimum absolute atomic E-state index is 0.180. The molecule has 19 heteroatoms. The second kappa shape index (κ2) is 14.9. The Hall–Kier alpha value is -2.31. The zero-order chi connectivity index (χ0) is 30.2. The Morgan fingerprint density at radius 1 is 1.10 bits per heavy atom. The summed E-state index contributed by atoms with van der Waals surface area (Å²) in [4.78, 5) is 26.9. The first kappa shape index (κ1) is 34.7. The molecule has 3 rings (SSSR count). The predicted octanol–water partition coefficient (Wildman–Crippen LogP) is -3.55. The van der Waals surface area contributed by atoms with Crippen LogP contribution in [0.2, 0.25) is 0 Å². The fourth-order valence-corrected chi connectivity index (χ4v) is 3.81.